The summed E-state index contributed by atoms with van der Waals surface area (Å²) in [7, 11) is 0. The van der Waals surface area contributed by atoms with Crippen molar-refractivity contribution in [2.75, 3.05) is 0 Å². The molecule has 2 bridgehead atoms. The summed E-state index contributed by atoms with van der Waals surface area (Å²) in [5.74, 6) is -0.970. The number of carboxylic acid groups (broad SMARTS) is 1. The third kappa shape index (κ3) is 2.72. The maximum atomic E-state index is 13.1. The van der Waals surface area contributed by atoms with Crippen molar-refractivity contribution in [3.63, 3.8) is 0 Å². The summed E-state index contributed by atoms with van der Waals surface area (Å²) >= 11 is 0. The van der Waals surface area contributed by atoms with E-state index in [1.165, 1.54) is 0 Å². The molecule has 4 saturated carbocycles. The molecule has 32 heavy (non-hydrogen) atoms. The normalized spacial score (nSPS) is 45.0. The van der Waals surface area contributed by atoms with Crippen LogP contribution in [0.4, 0.5) is 0 Å². The lowest BCUT2D eigenvalue weighted by molar-refractivity contribution is -0.224. The van der Waals surface area contributed by atoms with E-state index < -0.39 is 23.5 Å². The Bertz CT molecular complexity index is 972. The minimum Gasteiger partial charge on any atom is -0.481 e. The van der Waals surface area contributed by atoms with Crippen LogP contribution in [0.25, 0.3) is 0 Å². The Balaban J connectivity index is 1.59. The number of ketones is 1. The minimum absolute atomic E-state index is 0.0485. The Labute approximate surface area is 189 Å². The van der Waals surface area contributed by atoms with Gasteiger partial charge in [0, 0.05) is 17.8 Å². The number of benzene rings is 1. The second-order valence-corrected chi connectivity index (χ2v) is 11.7. The lowest BCUT2D eigenvalue weighted by Crippen LogP contribution is -2.66. The number of fused-ring (bicyclic) bond motifs is 2. The Morgan fingerprint density at radius 1 is 1.03 bits per heavy atom. The predicted molar refractivity (Wildman–Crippen MR) is 119 cm³/mol. The van der Waals surface area contributed by atoms with Crippen LogP contribution in [0.2, 0.25) is 0 Å². The number of Topliss-reactive ketones (excluding diaryl/α,β-unsaturated/α-hetero) is 1. The molecule has 4 aliphatic carbocycles. The SMILES string of the molecule is C[C@]12CC[C@]3(C1)[C@H](CC2=O)C[C@@H](OC(=O)c1ccccc1)C1[C@](C)(C(=O)O)CCC[C@@]13C. The van der Waals surface area contributed by atoms with Crippen molar-refractivity contribution in [1.29, 1.82) is 0 Å². The van der Waals surface area contributed by atoms with E-state index in [1.807, 2.05) is 13.0 Å². The van der Waals surface area contributed by atoms with Crippen molar-refractivity contribution in [1.82, 2.24) is 0 Å². The highest BCUT2D eigenvalue weighted by atomic mass is 16.5. The second-order valence-electron chi connectivity index (χ2n) is 11.7. The monoisotopic (exact) mass is 438 g/mol. The molecule has 0 aliphatic heterocycles. The summed E-state index contributed by atoms with van der Waals surface area (Å²) in [6.45, 7) is 6.23. The second kappa shape index (κ2) is 6.91. The molecule has 5 heteroatoms. The van der Waals surface area contributed by atoms with Gasteiger partial charge < -0.3 is 9.84 Å². The van der Waals surface area contributed by atoms with Gasteiger partial charge in [-0.25, -0.2) is 4.79 Å². The van der Waals surface area contributed by atoms with Crippen LogP contribution >= 0.6 is 0 Å². The molecule has 0 heterocycles. The van der Waals surface area contributed by atoms with Crippen LogP contribution in [0.5, 0.6) is 0 Å². The minimum atomic E-state index is -0.950. The highest BCUT2D eigenvalue weighted by molar-refractivity contribution is 5.89. The van der Waals surface area contributed by atoms with Gasteiger partial charge in [0.15, 0.2) is 0 Å². The molecule has 1 spiro atoms. The van der Waals surface area contributed by atoms with Gasteiger partial charge >= 0.3 is 11.9 Å². The first-order valence-corrected chi connectivity index (χ1v) is 12.1. The first-order valence-electron chi connectivity index (χ1n) is 12.1. The van der Waals surface area contributed by atoms with Crippen LogP contribution in [0, 0.1) is 33.5 Å². The van der Waals surface area contributed by atoms with E-state index in [4.69, 9.17) is 4.74 Å². The fraction of sp³-hybridized carbons (Fsp3) is 0.667. The number of carbonyl (C=O) groups excluding carboxylic acids is 2. The van der Waals surface area contributed by atoms with Crippen molar-refractivity contribution in [3.05, 3.63) is 35.9 Å². The summed E-state index contributed by atoms with van der Waals surface area (Å²) < 4.78 is 6.16. The van der Waals surface area contributed by atoms with Gasteiger partial charge in [0.05, 0.1) is 11.0 Å². The third-order valence-electron chi connectivity index (χ3n) is 10.3. The van der Waals surface area contributed by atoms with E-state index in [9.17, 15) is 19.5 Å². The summed E-state index contributed by atoms with van der Waals surface area (Å²) in [5, 5.41) is 10.4. The highest BCUT2D eigenvalue weighted by Gasteiger charge is 2.73. The van der Waals surface area contributed by atoms with E-state index in [1.54, 1.807) is 24.3 Å². The van der Waals surface area contributed by atoms with Gasteiger partial charge in [0.25, 0.3) is 0 Å². The van der Waals surface area contributed by atoms with E-state index in [2.05, 4.69) is 13.8 Å². The van der Waals surface area contributed by atoms with Gasteiger partial charge in [-0.05, 0) is 74.3 Å². The molecule has 1 N–H and O–H groups in total. The van der Waals surface area contributed by atoms with Crippen LogP contribution in [0.15, 0.2) is 30.3 Å². The largest absolute Gasteiger partial charge is 0.481 e. The number of esters is 1. The zero-order valence-electron chi connectivity index (χ0n) is 19.4. The molecule has 172 valence electrons. The smallest absolute Gasteiger partial charge is 0.338 e. The molecule has 4 aliphatic rings. The summed E-state index contributed by atoms with van der Waals surface area (Å²) in [6.07, 6.45) is 5.72. The van der Waals surface area contributed by atoms with Crippen LogP contribution in [-0.2, 0) is 14.3 Å². The van der Waals surface area contributed by atoms with Gasteiger partial charge in [-0.2, -0.15) is 0 Å². The van der Waals surface area contributed by atoms with E-state index in [0.29, 0.717) is 30.6 Å². The Morgan fingerprint density at radius 3 is 2.44 bits per heavy atom. The quantitative estimate of drug-likeness (QED) is 0.650. The predicted octanol–water partition coefficient (Wildman–Crippen LogP) is 5.28. The molecule has 1 aromatic carbocycles. The molecular formula is C27H34O5. The van der Waals surface area contributed by atoms with Crippen LogP contribution in [0.1, 0.15) is 82.5 Å². The molecule has 4 fully saturated rings. The first kappa shape index (κ1) is 21.7. The number of carbonyl (C=O) groups is 3. The topological polar surface area (TPSA) is 80.7 Å². The maximum Gasteiger partial charge on any atom is 0.338 e. The molecule has 0 amide bonds. The lowest BCUT2D eigenvalue weighted by Gasteiger charge is -2.67. The van der Waals surface area contributed by atoms with Crippen LogP contribution < -0.4 is 0 Å². The van der Waals surface area contributed by atoms with E-state index in [0.717, 1.165) is 32.1 Å². The van der Waals surface area contributed by atoms with Crippen LogP contribution in [-0.4, -0.2) is 28.9 Å². The average molecular weight is 439 g/mol. The Hall–Kier alpha value is -2.17. The Morgan fingerprint density at radius 2 is 1.75 bits per heavy atom. The van der Waals surface area contributed by atoms with Crippen molar-refractivity contribution in [2.45, 2.75) is 78.2 Å². The number of hydrogen-bond donors (Lipinski definition) is 1. The Kier molecular flexibility index (Phi) is 4.68. The highest BCUT2D eigenvalue weighted by Crippen LogP contribution is 2.75. The van der Waals surface area contributed by atoms with Crippen molar-refractivity contribution >= 4 is 17.7 Å². The van der Waals surface area contributed by atoms with Crippen LogP contribution in [0.3, 0.4) is 0 Å². The van der Waals surface area contributed by atoms with Gasteiger partial charge in [-0.3, -0.25) is 9.59 Å². The van der Waals surface area contributed by atoms with E-state index in [-0.39, 0.29) is 28.1 Å². The third-order valence-corrected chi connectivity index (χ3v) is 10.3. The molecule has 0 saturated heterocycles. The molecule has 1 aromatic rings. The molecule has 1 unspecified atom stereocenters. The first-order chi connectivity index (χ1) is 15.1. The lowest BCUT2D eigenvalue weighted by atomic mass is 9.37. The van der Waals surface area contributed by atoms with Gasteiger partial charge in [0.2, 0.25) is 0 Å². The molecule has 7 atom stereocenters. The summed E-state index contributed by atoms with van der Waals surface area (Å²) in [5.41, 5.74) is -1.08. The molecule has 5 nitrogen and oxygen atoms in total. The van der Waals surface area contributed by atoms with Crippen molar-refractivity contribution < 1.29 is 24.2 Å². The summed E-state index contributed by atoms with van der Waals surface area (Å²) in [4.78, 5) is 38.8. The number of rotatable bonds is 3. The molecule has 0 aromatic heterocycles. The van der Waals surface area contributed by atoms with Gasteiger partial charge in [-0.15, -0.1) is 0 Å². The number of ether oxygens (including phenoxy) is 1. The zero-order valence-corrected chi connectivity index (χ0v) is 19.4. The number of aliphatic carboxylic acids is 1. The van der Waals surface area contributed by atoms with Crippen molar-refractivity contribution in [3.8, 4) is 0 Å². The fourth-order valence-corrected chi connectivity index (χ4v) is 8.66. The fourth-order valence-electron chi connectivity index (χ4n) is 8.66. The maximum absolute atomic E-state index is 13.1. The van der Waals surface area contributed by atoms with Gasteiger partial charge in [-0.1, -0.05) is 38.5 Å². The zero-order chi connectivity index (χ0) is 22.9. The van der Waals surface area contributed by atoms with Crippen molar-refractivity contribution in [2.24, 2.45) is 33.5 Å². The molecular weight excluding hydrogens is 404 g/mol. The standard InChI is InChI=1S/C27H34O5/c1-24-12-13-27(16-24)18(15-20(24)28)14-19(32-22(29)17-8-5-4-6-9-17)21-25(2,23(30)31)10-7-11-26(21,27)3/h4-6,8-9,18-19,21H,7,10-16H2,1-3H3,(H,30,31)/t18-,19+,21?,24-,25+,26-,27-/m0/s1. The summed E-state index contributed by atoms with van der Waals surface area (Å²) in [6, 6.07) is 8.92. The number of hydrogen-bond acceptors (Lipinski definition) is 4. The number of carboxylic acids is 1. The van der Waals surface area contributed by atoms with E-state index >= 15 is 0 Å². The average Bonchev–Trinajstić information content (AvgIpc) is 3.08. The molecule has 5 rings (SSSR count). The van der Waals surface area contributed by atoms with Gasteiger partial charge in [0.1, 0.15) is 11.9 Å². The molecule has 0 radical (unpaired) electrons.